The molecule has 2 heterocycles. The molecule has 0 bridgehead atoms. The molecule has 0 spiro atoms. The van der Waals surface area contributed by atoms with E-state index in [9.17, 15) is 0 Å². The van der Waals surface area contributed by atoms with Crippen molar-refractivity contribution in [3.05, 3.63) is 53.6 Å². The van der Waals surface area contributed by atoms with Crippen LogP contribution in [-0.4, -0.2) is 10.1 Å². The highest BCUT2D eigenvalue weighted by molar-refractivity contribution is 5.72. The lowest BCUT2D eigenvalue weighted by Gasteiger charge is -1.99. The molecule has 4 rings (SSSR count). The zero-order valence-electron chi connectivity index (χ0n) is 11.2. The molecule has 0 atom stereocenters. The Morgan fingerprint density at radius 3 is 2.76 bits per heavy atom. The smallest absolute Gasteiger partial charge is 0.258 e. The first-order chi connectivity index (χ1) is 10.3. The highest BCUT2D eigenvalue weighted by atomic mass is 16.5. The van der Waals surface area contributed by atoms with Crippen LogP contribution in [0, 0.1) is 0 Å². The summed E-state index contributed by atoms with van der Waals surface area (Å²) in [6.45, 7) is 1.31. The fourth-order valence-corrected chi connectivity index (χ4v) is 2.46. The lowest BCUT2D eigenvalue weighted by atomic mass is 10.1. The monoisotopic (exact) mass is 279 g/mol. The van der Waals surface area contributed by atoms with E-state index in [1.165, 1.54) is 11.1 Å². The zero-order valence-corrected chi connectivity index (χ0v) is 11.2. The van der Waals surface area contributed by atoms with E-state index in [1.54, 1.807) is 0 Å². The molecule has 2 aromatic carbocycles. The summed E-state index contributed by atoms with van der Waals surface area (Å²) in [7, 11) is 0. The van der Waals surface area contributed by atoms with Gasteiger partial charge in [-0.25, -0.2) is 0 Å². The molecule has 0 radical (unpaired) electrons. The fourth-order valence-electron chi connectivity index (χ4n) is 2.46. The van der Waals surface area contributed by atoms with Gasteiger partial charge in [0.05, 0.1) is 13.2 Å². The molecule has 1 aliphatic heterocycles. The maximum atomic E-state index is 5.94. The highest BCUT2D eigenvalue weighted by Crippen LogP contribution is 2.28. The molecule has 0 unspecified atom stereocenters. The van der Waals surface area contributed by atoms with Gasteiger partial charge in [-0.15, -0.1) is 0 Å². The molecule has 1 aliphatic rings. The lowest BCUT2D eigenvalue weighted by Crippen LogP contribution is -1.90. The van der Waals surface area contributed by atoms with Gasteiger partial charge in [-0.2, -0.15) is 4.98 Å². The Morgan fingerprint density at radius 1 is 1.00 bits per heavy atom. The van der Waals surface area contributed by atoms with E-state index >= 15 is 0 Å². The number of hydrogen-bond donors (Lipinski definition) is 1. The van der Waals surface area contributed by atoms with E-state index in [-0.39, 0.29) is 0 Å². The standard InChI is InChI=1S/C16H13N3O2/c17-14-4-2-1-3-13(14)15-18-16(21-19-15)10-5-6-11-8-20-9-12(11)7-10/h1-7H,8-9,17H2. The van der Waals surface area contributed by atoms with Crippen LogP contribution in [0.1, 0.15) is 11.1 Å². The van der Waals surface area contributed by atoms with Crippen LogP contribution >= 0.6 is 0 Å². The summed E-state index contributed by atoms with van der Waals surface area (Å²) in [5.74, 6) is 0.989. The predicted molar refractivity (Wildman–Crippen MR) is 78.1 cm³/mol. The summed E-state index contributed by atoms with van der Waals surface area (Å²) in [5, 5.41) is 4.02. The van der Waals surface area contributed by atoms with Gasteiger partial charge >= 0.3 is 0 Å². The minimum Gasteiger partial charge on any atom is -0.398 e. The number of anilines is 1. The number of hydrogen-bond acceptors (Lipinski definition) is 5. The molecule has 5 heteroatoms. The SMILES string of the molecule is Nc1ccccc1-c1noc(-c2ccc3c(c2)COC3)n1. The van der Waals surface area contributed by atoms with Crippen LogP contribution in [-0.2, 0) is 18.0 Å². The summed E-state index contributed by atoms with van der Waals surface area (Å²) >= 11 is 0. The number of rotatable bonds is 2. The van der Waals surface area contributed by atoms with Gasteiger partial charge < -0.3 is 15.0 Å². The van der Waals surface area contributed by atoms with Crippen LogP contribution in [0.2, 0.25) is 0 Å². The average molecular weight is 279 g/mol. The second kappa shape index (κ2) is 4.71. The van der Waals surface area contributed by atoms with E-state index in [0.29, 0.717) is 30.6 Å². The fraction of sp³-hybridized carbons (Fsp3) is 0.125. The van der Waals surface area contributed by atoms with Crippen molar-refractivity contribution >= 4 is 5.69 Å². The van der Waals surface area contributed by atoms with Gasteiger partial charge in [-0.1, -0.05) is 23.4 Å². The number of nitrogens with zero attached hydrogens (tertiary/aromatic N) is 2. The van der Waals surface area contributed by atoms with Crippen molar-refractivity contribution in [1.29, 1.82) is 0 Å². The Balaban J connectivity index is 1.73. The number of benzene rings is 2. The molecule has 0 saturated heterocycles. The molecule has 0 amide bonds. The quantitative estimate of drug-likeness (QED) is 0.730. The number of fused-ring (bicyclic) bond motifs is 1. The molecular formula is C16H13N3O2. The zero-order chi connectivity index (χ0) is 14.2. The van der Waals surface area contributed by atoms with Gasteiger partial charge in [0, 0.05) is 16.8 Å². The number of nitrogen functional groups attached to an aromatic ring is 1. The molecule has 1 aromatic heterocycles. The van der Waals surface area contributed by atoms with Crippen molar-refractivity contribution < 1.29 is 9.26 Å². The molecule has 21 heavy (non-hydrogen) atoms. The Bertz CT molecular complexity index is 811. The first-order valence-corrected chi connectivity index (χ1v) is 6.70. The van der Waals surface area contributed by atoms with Crippen molar-refractivity contribution in [2.24, 2.45) is 0 Å². The Hall–Kier alpha value is -2.66. The van der Waals surface area contributed by atoms with Crippen molar-refractivity contribution in [1.82, 2.24) is 10.1 Å². The first kappa shape index (κ1) is 12.1. The molecule has 0 aliphatic carbocycles. The van der Waals surface area contributed by atoms with E-state index in [1.807, 2.05) is 42.5 Å². The molecule has 104 valence electrons. The van der Waals surface area contributed by atoms with Crippen molar-refractivity contribution in [3.63, 3.8) is 0 Å². The summed E-state index contributed by atoms with van der Waals surface area (Å²) in [6, 6.07) is 13.5. The third-order valence-corrected chi connectivity index (χ3v) is 3.60. The molecule has 3 aromatic rings. The summed E-state index contributed by atoms with van der Waals surface area (Å²) in [4.78, 5) is 4.44. The van der Waals surface area contributed by atoms with Crippen molar-refractivity contribution in [3.8, 4) is 22.8 Å². The van der Waals surface area contributed by atoms with Gasteiger partial charge in [0.2, 0.25) is 5.82 Å². The Labute approximate surface area is 121 Å². The summed E-state index contributed by atoms with van der Waals surface area (Å²) in [5.41, 5.74) is 10.6. The van der Waals surface area contributed by atoms with Gasteiger partial charge in [0.15, 0.2) is 0 Å². The first-order valence-electron chi connectivity index (χ1n) is 6.70. The Morgan fingerprint density at radius 2 is 1.86 bits per heavy atom. The van der Waals surface area contributed by atoms with Gasteiger partial charge in [0.1, 0.15) is 0 Å². The summed E-state index contributed by atoms with van der Waals surface area (Å²) < 4.78 is 10.8. The minimum absolute atomic E-state index is 0.489. The van der Waals surface area contributed by atoms with Crippen molar-refractivity contribution in [2.75, 3.05) is 5.73 Å². The summed E-state index contributed by atoms with van der Waals surface area (Å²) in [6.07, 6.45) is 0. The van der Waals surface area contributed by atoms with Gasteiger partial charge in [0.25, 0.3) is 5.89 Å². The van der Waals surface area contributed by atoms with Crippen LogP contribution in [0.25, 0.3) is 22.8 Å². The lowest BCUT2D eigenvalue weighted by molar-refractivity contribution is 0.134. The average Bonchev–Trinajstić information content (AvgIpc) is 3.16. The second-order valence-corrected chi connectivity index (χ2v) is 4.99. The number of aromatic nitrogens is 2. The molecule has 2 N–H and O–H groups in total. The number of para-hydroxylation sites is 1. The van der Waals surface area contributed by atoms with Gasteiger partial charge in [-0.05, 0) is 35.4 Å². The molecule has 5 nitrogen and oxygen atoms in total. The highest BCUT2D eigenvalue weighted by Gasteiger charge is 2.16. The van der Waals surface area contributed by atoms with Crippen LogP contribution in [0.4, 0.5) is 5.69 Å². The van der Waals surface area contributed by atoms with Gasteiger partial charge in [-0.3, -0.25) is 0 Å². The topological polar surface area (TPSA) is 74.2 Å². The van der Waals surface area contributed by atoms with Crippen LogP contribution in [0.3, 0.4) is 0 Å². The van der Waals surface area contributed by atoms with E-state index in [0.717, 1.165) is 11.1 Å². The third-order valence-electron chi connectivity index (χ3n) is 3.60. The minimum atomic E-state index is 0.489. The largest absolute Gasteiger partial charge is 0.398 e. The molecular weight excluding hydrogens is 266 g/mol. The second-order valence-electron chi connectivity index (χ2n) is 4.99. The maximum Gasteiger partial charge on any atom is 0.258 e. The molecule has 0 fully saturated rings. The predicted octanol–water partition coefficient (Wildman–Crippen LogP) is 3.02. The van der Waals surface area contributed by atoms with Crippen LogP contribution < -0.4 is 5.73 Å². The maximum absolute atomic E-state index is 5.94. The normalized spacial score (nSPS) is 13.3. The molecule has 0 saturated carbocycles. The van der Waals surface area contributed by atoms with E-state index in [4.69, 9.17) is 15.0 Å². The van der Waals surface area contributed by atoms with E-state index < -0.39 is 0 Å². The van der Waals surface area contributed by atoms with Crippen LogP contribution in [0.15, 0.2) is 47.0 Å². The third kappa shape index (κ3) is 2.08. The van der Waals surface area contributed by atoms with Crippen molar-refractivity contribution in [2.45, 2.75) is 13.2 Å². The Kier molecular flexibility index (Phi) is 2.72. The number of nitrogens with two attached hydrogens (primary N) is 1. The van der Waals surface area contributed by atoms with Crippen LogP contribution in [0.5, 0.6) is 0 Å². The van der Waals surface area contributed by atoms with E-state index in [2.05, 4.69) is 10.1 Å². The number of ether oxygens (including phenoxy) is 1.